The molecule has 0 radical (unpaired) electrons. The van der Waals surface area contributed by atoms with E-state index in [0.717, 1.165) is 5.56 Å². The molecule has 0 bridgehead atoms. The lowest BCUT2D eigenvalue weighted by molar-refractivity contribution is -0.121. The topological polar surface area (TPSA) is 42.0 Å². The number of aromatic nitrogens is 1. The Labute approximate surface area is 167 Å². The molecule has 1 unspecified atom stereocenters. The van der Waals surface area contributed by atoms with Crippen molar-refractivity contribution in [2.45, 2.75) is 26.3 Å². The molecule has 0 fully saturated rings. The largest absolute Gasteiger partial charge is 0.349 e. The molecule has 1 atom stereocenters. The molecular formula is C21H20ClFN2OS. The molecule has 1 N–H and O–H groups in total. The maximum absolute atomic E-state index is 13.4. The molecular weight excluding hydrogens is 383 g/mol. The second-order valence-corrected chi connectivity index (χ2v) is 7.97. The molecule has 0 saturated carbocycles. The summed E-state index contributed by atoms with van der Waals surface area (Å²) >= 11 is 7.36. The van der Waals surface area contributed by atoms with Crippen LogP contribution in [0.3, 0.4) is 0 Å². The van der Waals surface area contributed by atoms with Crippen LogP contribution in [0.25, 0.3) is 10.6 Å². The molecule has 1 aromatic heterocycles. The average Bonchev–Trinajstić information content (AvgIpc) is 3.09. The number of benzene rings is 2. The molecule has 2 aromatic carbocycles. The number of hydrogen-bond acceptors (Lipinski definition) is 3. The van der Waals surface area contributed by atoms with Gasteiger partial charge < -0.3 is 5.32 Å². The van der Waals surface area contributed by atoms with Crippen LogP contribution in [0, 0.1) is 11.7 Å². The third-order valence-electron chi connectivity index (χ3n) is 4.18. The molecule has 6 heteroatoms. The molecule has 3 aromatic rings. The van der Waals surface area contributed by atoms with Gasteiger partial charge in [0.05, 0.1) is 18.2 Å². The summed E-state index contributed by atoms with van der Waals surface area (Å²) in [6, 6.07) is 13.7. The van der Waals surface area contributed by atoms with Gasteiger partial charge in [-0.3, -0.25) is 4.79 Å². The first-order valence-electron chi connectivity index (χ1n) is 8.67. The van der Waals surface area contributed by atoms with E-state index in [2.05, 4.69) is 24.1 Å². The third kappa shape index (κ3) is 5.15. The number of rotatable bonds is 6. The summed E-state index contributed by atoms with van der Waals surface area (Å²) in [5, 5.41) is 6.29. The number of nitrogens with zero attached hydrogens (tertiary/aromatic N) is 1. The van der Waals surface area contributed by atoms with Crippen molar-refractivity contribution >= 4 is 28.8 Å². The Bertz CT molecular complexity index is 924. The lowest BCUT2D eigenvalue weighted by Gasteiger charge is -2.23. The minimum absolute atomic E-state index is 0.0975. The Kier molecular flexibility index (Phi) is 6.24. The Morgan fingerprint density at radius 1 is 1.22 bits per heavy atom. The highest BCUT2D eigenvalue weighted by molar-refractivity contribution is 7.13. The third-order valence-corrected chi connectivity index (χ3v) is 5.37. The van der Waals surface area contributed by atoms with Crippen molar-refractivity contribution in [1.82, 2.24) is 10.3 Å². The lowest BCUT2D eigenvalue weighted by Crippen LogP contribution is -2.32. The minimum Gasteiger partial charge on any atom is -0.349 e. The fraction of sp³-hybridized carbons (Fsp3) is 0.238. The number of carbonyl (C=O) groups is 1. The summed E-state index contributed by atoms with van der Waals surface area (Å²) in [5.41, 5.74) is 2.41. The molecule has 0 aliphatic rings. The van der Waals surface area contributed by atoms with Crippen molar-refractivity contribution in [3.05, 3.63) is 76.0 Å². The Morgan fingerprint density at radius 2 is 1.96 bits per heavy atom. The van der Waals surface area contributed by atoms with Crippen LogP contribution in [-0.2, 0) is 11.2 Å². The molecule has 27 heavy (non-hydrogen) atoms. The quantitative estimate of drug-likeness (QED) is 0.578. The highest BCUT2D eigenvalue weighted by Gasteiger charge is 2.19. The Hall–Kier alpha value is -2.24. The van der Waals surface area contributed by atoms with Crippen molar-refractivity contribution in [2.75, 3.05) is 0 Å². The first-order chi connectivity index (χ1) is 12.9. The van der Waals surface area contributed by atoms with Crippen molar-refractivity contribution < 1.29 is 9.18 Å². The highest BCUT2D eigenvalue weighted by atomic mass is 35.5. The van der Waals surface area contributed by atoms with Crippen LogP contribution in [0.4, 0.5) is 4.39 Å². The summed E-state index contributed by atoms with van der Waals surface area (Å²) in [6.45, 7) is 4.12. The van der Waals surface area contributed by atoms with Crippen LogP contribution in [0.1, 0.15) is 31.1 Å². The smallest absolute Gasteiger partial charge is 0.226 e. The highest BCUT2D eigenvalue weighted by Crippen LogP contribution is 2.26. The maximum Gasteiger partial charge on any atom is 0.226 e. The standard InChI is InChI=1S/C21H20ClFN2OS/c1-13(2)20(14-6-8-16(22)9-7-14)25-19(26)11-18-12-27-21(24-18)15-4-3-5-17(23)10-15/h3-10,12-13,20H,11H2,1-2H3,(H,25,26). The zero-order chi connectivity index (χ0) is 19.4. The van der Waals surface area contributed by atoms with E-state index in [1.807, 2.05) is 29.6 Å². The van der Waals surface area contributed by atoms with E-state index in [-0.39, 0.29) is 30.1 Å². The Balaban J connectivity index is 1.68. The summed E-state index contributed by atoms with van der Waals surface area (Å²) in [5.74, 6) is -0.169. The molecule has 3 nitrogen and oxygen atoms in total. The monoisotopic (exact) mass is 402 g/mol. The molecule has 0 aliphatic heterocycles. The van der Waals surface area contributed by atoms with Gasteiger partial charge in [-0.1, -0.05) is 49.7 Å². The number of nitrogens with one attached hydrogen (secondary N) is 1. The number of amides is 1. The first kappa shape index (κ1) is 19.5. The molecule has 3 rings (SSSR count). The number of carbonyl (C=O) groups excluding carboxylic acids is 1. The van der Waals surface area contributed by atoms with E-state index < -0.39 is 0 Å². The van der Waals surface area contributed by atoms with E-state index in [4.69, 9.17) is 11.6 Å². The SMILES string of the molecule is CC(C)C(NC(=O)Cc1csc(-c2cccc(F)c2)n1)c1ccc(Cl)cc1. The van der Waals surface area contributed by atoms with Gasteiger partial charge in [-0.2, -0.15) is 0 Å². The van der Waals surface area contributed by atoms with Crippen LogP contribution in [-0.4, -0.2) is 10.9 Å². The molecule has 140 valence electrons. The second kappa shape index (κ2) is 8.63. The van der Waals surface area contributed by atoms with Gasteiger partial charge in [0.15, 0.2) is 0 Å². The van der Waals surface area contributed by atoms with E-state index in [1.54, 1.807) is 12.1 Å². The van der Waals surface area contributed by atoms with Crippen LogP contribution >= 0.6 is 22.9 Å². The van der Waals surface area contributed by atoms with Crippen molar-refractivity contribution in [3.63, 3.8) is 0 Å². The van der Waals surface area contributed by atoms with Crippen LogP contribution in [0.2, 0.25) is 5.02 Å². The fourth-order valence-corrected chi connectivity index (χ4v) is 3.78. The van der Waals surface area contributed by atoms with Crippen LogP contribution in [0.15, 0.2) is 53.9 Å². The normalized spacial score (nSPS) is 12.2. The summed E-state index contributed by atoms with van der Waals surface area (Å²) < 4.78 is 13.4. The molecule has 0 spiro atoms. The van der Waals surface area contributed by atoms with E-state index in [1.165, 1.54) is 23.5 Å². The van der Waals surface area contributed by atoms with Gasteiger partial charge in [-0.25, -0.2) is 9.37 Å². The fourth-order valence-electron chi connectivity index (χ4n) is 2.84. The average molecular weight is 403 g/mol. The first-order valence-corrected chi connectivity index (χ1v) is 9.93. The molecule has 0 saturated heterocycles. The van der Waals surface area contributed by atoms with Gasteiger partial charge in [-0.05, 0) is 35.7 Å². The zero-order valence-corrected chi connectivity index (χ0v) is 16.7. The summed E-state index contributed by atoms with van der Waals surface area (Å²) in [6.07, 6.45) is 0.183. The predicted octanol–water partition coefficient (Wildman–Crippen LogP) is 5.66. The molecule has 1 heterocycles. The van der Waals surface area contributed by atoms with Gasteiger partial charge in [-0.15, -0.1) is 11.3 Å². The Morgan fingerprint density at radius 3 is 2.63 bits per heavy atom. The molecule has 1 amide bonds. The lowest BCUT2D eigenvalue weighted by atomic mass is 9.96. The van der Waals surface area contributed by atoms with E-state index >= 15 is 0 Å². The van der Waals surface area contributed by atoms with Gasteiger partial charge in [0.2, 0.25) is 5.91 Å². The second-order valence-electron chi connectivity index (χ2n) is 6.67. The summed E-state index contributed by atoms with van der Waals surface area (Å²) in [4.78, 5) is 17.0. The number of hydrogen-bond donors (Lipinski definition) is 1. The maximum atomic E-state index is 13.4. The van der Waals surface area contributed by atoms with Crippen molar-refractivity contribution in [2.24, 2.45) is 5.92 Å². The van der Waals surface area contributed by atoms with E-state index in [0.29, 0.717) is 21.3 Å². The van der Waals surface area contributed by atoms with Gasteiger partial charge in [0.25, 0.3) is 0 Å². The summed E-state index contributed by atoms with van der Waals surface area (Å²) in [7, 11) is 0. The van der Waals surface area contributed by atoms with Crippen molar-refractivity contribution in [3.8, 4) is 10.6 Å². The van der Waals surface area contributed by atoms with Crippen LogP contribution in [0.5, 0.6) is 0 Å². The molecule has 0 aliphatic carbocycles. The minimum atomic E-state index is -0.301. The number of halogens is 2. The van der Waals surface area contributed by atoms with Gasteiger partial charge in [0.1, 0.15) is 10.8 Å². The zero-order valence-electron chi connectivity index (χ0n) is 15.1. The van der Waals surface area contributed by atoms with Crippen LogP contribution < -0.4 is 5.32 Å². The number of thiazole rings is 1. The van der Waals surface area contributed by atoms with Gasteiger partial charge in [0, 0.05) is 16.0 Å². The van der Waals surface area contributed by atoms with Crippen molar-refractivity contribution in [1.29, 1.82) is 0 Å². The predicted molar refractivity (Wildman–Crippen MR) is 108 cm³/mol. The van der Waals surface area contributed by atoms with Gasteiger partial charge >= 0.3 is 0 Å². The van der Waals surface area contributed by atoms with E-state index in [9.17, 15) is 9.18 Å².